The standard InChI is InChI=1S/C12H16BrN3O2/c1-18-11-3-2-9(13)8-10(11)15-12(17)16-6-4-14-5-7-16/h2-3,8,14H,4-7H2,1H3,(H,15,17). The molecule has 2 rings (SSSR count). The van der Waals surface area contributed by atoms with Crippen LogP contribution in [-0.2, 0) is 0 Å². The molecule has 5 nitrogen and oxygen atoms in total. The van der Waals surface area contributed by atoms with Gasteiger partial charge in [0.1, 0.15) is 5.75 Å². The smallest absolute Gasteiger partial charge is 0.322 e. The molecule has 1 fully saturated rings. The maximum atomic E-state index is 12.1. The van der Waals surface area contributed by atoms with E-state index in [0.29, 0.717) is 11.4 Å². The molecule has 0 radical (unpaired) electrons. The molecule has 1 aromatic carbocycles. The van der Waals surface area contributed by atoms with Crippen LogP contribution in [0.4, 0.5) is 10.5 Å². The largest absolute Gasteiger partial charge is 0.495 e. The van der Waals surface area contributed by atoms with Gasteiger partial charge in [0.15, 0.2) is 0 Å². The molecule has 1 aliphatic heterocycles. The Balaban J connectivity index is 2.07. The first kappa shape index (κ1) is 13.2. The third kappa shape index (κ3) is 3.14. The van der Waals surface area contributed by atoms with Crippen molar-refractivity contribution in [2.45, 2.75) is 0 Å². The highest BCUT2D eigenvalue weighted by atomic mass is 79.9. The predicted molar refractivity (Wildman–Crippen MR) is 74.2 cm³/mol. The number of ether oxygens (including phenoxy) is 1. The fourth-order valence-corrected chi connectivity index (χ4v) is 2.20. The number of nitrogens with one attached hydrogen (secondary N) is 2. The lowest BCUT2D eigenvalue weighted by Crippen LogP contribution is -2.48. The number of nitrogens with zero attached hydrogens (tertiary/aromatic N) is 1. The lowest BCUT2D eigenvalue weighted by atomic mass is 10.3. The molecular formula is C12H16BrN3O2. The Morgan fingerprint density at radius 3 is 2.83 bits per heavy atom. The van der Waals surface area contributed by atoms with Gasteiger partial charge in [-0.2, -0.15) is 0 Å². The van der Waals surface area contributed by atoms with Gasteiger partial charge in [-0.3, -0.25) is 0 Å². The van der Waals surface area contributed by atoms with E-state index in [1.165, 1.54) is 0 Å². The zero-order valence-electron chi connectivity index (χ0n) is 10.2. The van der Waals surface area contributed by atoms with Gasteiger partial charge < -0.3 is 20.3 Å². The van der Waals surface area contributed by atoms with Crippen molar-refractivity contribution in [2.24, 2.45) is 0 Å². The van der Waals surface area contributed by atoms with Gasteiger partial charge in [-0.05, 0) is 18.2 Å². The molecule has 0 spiro atoms. The zero-order chi connectivity index (χ0) is 13.0. The number of methoxy groups -OCH3 is 1. The summed E-state index contributed by atoms with van der Waals surface area (Å²) in [7, 11) is 1.59. The number of halogens is 1. The Hall–Kier alpha value is -1.27. The molecule has 0 aliphatic carbocycles. The molecule has 0 saturated carbocycles. The second-order valence-electron chi connectivity index (χ2n) is 4.01. The van der Waals surface area contributed by atoms with Crippen LogP contribution >= 0.6 is 15.9 Å². The predicted octanol–water partition coefficient (Wildman–Crippen LogP) is 1.89. The van der Waals surface area contributed by atoms with Crippen LogP contribution in [0.15, 0.2) is 22.7 Å². The highest BCUT2D eigenvalue weighted by Gasteiger charge is 2.17. The van der Waals surface area contributed by atoms with Gasteiger partial charge in [0.25, 0.3) is 0 Å². The monoisotopic (exact) mass is 313 g/mol. The summed E-state index contributed by atoms with van der Waals surface area (Å²) in [5.74, 6) is 0.654. The van der Waals surface area contributed by atoms with E-state index in [4.69, 9.17) is 4.74 Å². The molecule has 18 heavy (non-hydrogen) atoms. The van der Waals surface area contributed by atoms with E-state index in [0.717, 1.165) is 30.7 Å². The maximum absolute atomic E-state index is 12.1. The zero-order valence-corrected chi connectivity index (χ0v) is 11.8. The summed E-state index contributed by atoms with van der Waals surface area (Å²) in [5.41, 5.74) is 0.676. The van der Waals surface area contributed by atoms with Crippen molar-refractivity contribution in [1.29, 1.82) is 0 Å². The number of hydrogen-bond acceptors (Lipinski definition) is 3. The summed E-state index contributed by atoms with van der Waals surface area (Å²) in [6, 6.07) is 5.43. The van der Waals surface area contributed by atoms with Crippen LogP contribution in [-0.4, -0.2) is 44.2 Å². The van der Waals surface area contributed by atoms with E-state index in [2.05, 4.69) is 26.6 Å². The van der Waals surface area contributed by atoms with E-state index < -0.39 is 0 Å². The van der Waals surface area contributed by atoms with E-state index in [9.17, 15) is 4.79 Å². The van der Waals surface area contributed by atoms with Gasteiger partial charge in [-0.25, -0.2) is 4.79 Å². The first-order valence-electron chi connectivity index (χ1n) is 5.81. The van der Waals surface area contributed by atoms with Crippen molar-refractivity contribution in [1.82, 2.24) is 10.2 Å². The fourth-order valence-electron chi connectivity index (χ4n) is 1.84. The summed E-state index contributed by atoms with van der Waals surface area (Å²) in [6.45, 7) is 3.12. The molecule has 1 heterocycles. The number of carbonyl (C=O) groups is 1. The number of hydrogen-bond donors (Lipinski definition) is 2. The second kappa shape index (κ2) is 6.06. The summed E-state index contributed by atoms with van der Waals surface area (Å²) >= 11 is 3.38. The minimum Gasteiger partial charge on any atom is -0.495 e. The molecule has 2 amide bonds. The van der Waals surface area contributed by atoms with Gasteiger partial charge in [0, 0.05) is 30.7 Å². The van der Waals surface area contributed by atoms with Gasteiger partial charge in [0.05, 0.1) is 12.8 Å². The summed E-state index contributed by atoms with van der Waals surface area (Å²) in [6.07, 6.45) is 0. The van der Waals surface area contributed by atoms with Crippen LogP contribution in [0.5, 0.6) is 5.75 Å². The van der Waals surface area contributed by atoms with Gasteiger partial charge >= 0.3 is 6.03 Å². The minimum atomic E-state index is -0.0899. The second-order valence-corrected chi connectivity index (χ2v) is 4.93. The van der Waals surface area contributed by atoms with Crippen molar-refractivity contribution in [2.75, 3.05) is 38.6 Å². The van der Waals surface area contributed by atoms with Crippen LogP contribution < -0.4 is 15.4 Å². The number of benzene rings is 1. The average Bonchev–Trinajstić information content (AvgIpc) is 2.40. The number of amides is 2. The van der Waals surface area contributed by atoms with E-state index in [1.807, 2.05) is 18.2 Å². The Morgan fingerprint density at radius 2 is 2.17 bits per heavy atom. The SMILES string of the molecule is COc1ccc(Br)cc1NC(=O)N1CCNCC1. The number of anilines is 1. The molecular weight excluding hydrogens is 298 g/mol. The Bertz CT molecular complexity index is 433. The lowest BCUT2D eigenvalue weighted by Gasteiger charge is -2.27. The minimum absolute atomic E-state index is 0.0899. The maximum Gasteiger partial charge on any atom is 0.322 e. The van der Waals surface area contributed by atoms with Gasteiger partial charge in [-0.1, -0.05) is 15.9 Å². The summed E-state index contributed by atoms with van der Waals surface area (Å²) in [4.78, 5) is 13.9. The van der Waals surface area contributed by atoms with Crippen LogP contribution in [0.3, 0.4) is 0 Å². The third-order valence-electron chi connectivity index (χ3n) is 2.81. The highest BCUT2D eigenvalue weighted by molar-refractivity contribution is 9.10. The number of rotatable bonds is 2. The Kier molecular flexibility index (Phi) is 4.43. The Morgan fingerprint density at radius 1 is 1.44 bits per heavy atom. The first-order valence-corrected chi connectivity index (χ1v) is 6.60. The van der Waals surface area contributed by atoms with E-state index in [1.54, 1.807) is 12.0 Å². The van der Waals surface area contributed by atoms with Crippen LogP contribution in [0.1, 0.15) is 0 Å². The molecule has 1 aliphatic rings. The molecule has 1 aromatic rings. The molecule has 98 valence electrons. The fraction of sp³-hybridized carbons (Fsp3) is 0.417. The summed E-state index contributed by atoms with van der Waals surface area (Å²) < 4.78 is 6.12. The van der Waals surface area contributed by atoms with Crippen molar-refractivity contribution in [3.8, 4) is 5.75 Å². The topological polar surface area (TPSA) is 53.6 Å². The normalized spacial score (nSPS) is 15.3. The summed E-state index contributed by atoms with van der Waals surface area (Å²) in [5, 5.41) is 6.09. The number of piperazine rings is 1. The highest BCUT2D eigenvalue weighted by Crippen LogP contribution is 2.28. The number of urea groups is 1. The van der Waals surface area contributed by atoms with Crippen LogP contribution in [0.2, 0.25) is 0 Å². The molecule has 2 N–H and O–H groups in total. The van der Waals surface area contributed by atoms with Gasteiger partial charge in [0.2, 0.25) is 0 Å². The van der Waals surface area contributed by atoms with Crippen molar-refractivity contribution in [3.63, 3.8) is 0 Å². The average molecular weight is 314 g/mol. The molecule has 0 aromatic heterocycles. The Labute approximate surface area is 115 Å². The molecule has 0 atom stereocenters. The van der Waals surface area contributed by atoms with Crippen LogP contribution in [0, 0.1) is 0 Å². The third-order valence-corrected chi connectivity index (χ3v) is 3.30. The van der Waals surface area contributed by atoms with E-state index >= 15 is 0 Å². The molecule has 0 unspecified atom stereocenters. The van der Waals surface area contributed by atoms with Gasteiger partial charge in [-0.15, -0.1) is 0 Å². The molecule has 0 bridgehead atoms. The van der Waals surface area contributed by atoms with Crippen molar-refractivity contribution >= 4 is 27.6 Å². The van der Waals surface area contributed by atoms with Crippen molar-refractivity contribution < 1.29 is 9.53 Å². The van der Waals surface area contributed by atoms with Crippen LogP contribution in [0.25, 0.3) is 0 Å². The quantitative estimate of drug-likeness (QED) is 0.876. The first-order chi connectivity index (χ1) is 8.70. The number of carbonyl (C=O) groups excluding carboxylic acids is 1. The molecule has 6 heteroatoms. The van der Waals surface area contributed by atoms with E-state index in [-0.39, 0.29) is 6.03 Å². The van der Waals surface area contributed by atoms with Crippen molar-refractivity contribution in [3.05, 3.63) is 22.7 Å². The lowest BCUT2D eigenvalue weighted by molar-refractivity contribution is 0.203. The molecule has 1 saturated heterocycles.